The zero-order chi connectivity index (χ0) is 16.2. The van der Waals surface area contributed by atoms with Crippen LogP contribution in [0.25, 0.3) is 0 Å². The highest BCUT2D eigenvalue weighted by molar-refractivity contribution is 7.71. The van der Waals surface area contributed by atoms with Crippen LogP contribution in [0.2, 0.25) is 0 Å². The van der Waals surface area contributed by atoms with Crippen LogP contribution < -0.4 is 0 Å². The monoisotopic (exact) mass is 326 g/mol. The summed E-state index contributed by atoms with van der Waals surface area (Å²) < 4.78 is 1.87. The van der Waals surface area contributed by atoms with E-state index in [9.17, 15) is 10.2 Å². The number of hydrogen-bond donors (Lipinski definition) is 3. The van der Waals surface area contributed by atoms with Crippen LogP contribution >= 0.6 is 12.2 Å². The molecule has 3 rings (SSSR count). The number of H-pyrrole nitrogens is 1. The summed E-state index contributed by atoms with van der Waals surface area (Å²) >= 11 is 5.19. The van der Waals surface area contributed by atoms with Crippen molar-refractivity contribution in [3.63, 3.8) is 0 Å². The van der Waals surface area contributed by atoms with Gasteiger partial charge in [-0.05, 0) is 29.9 Å². The number of nitrogens with one attached hydrogen (secondary N) is 1. The van der Waals surface area contributed by atoms with Gasteiger partial charge in [-0.15, -0.1) is 0 Å². The molecule has 0 aliphatic heterocycles. The lowest BCUT2D eigenvalue weighted by Crippen LogP contribution is -2.00. The number of phenols is 2. The van der Waals surface area contributed by atoms with E-state index in [4.69, 9.17) is 12.2 Å². The third-order valence-corrected chi connectivity index (χ3v) is 3.51. The zero-order valence-corrected chi connectivity index (χ0v) is 12.9. The van der Waals surface area contributed by atoms with E-state index in [-0.39, 0.29) is 11.5 Å². The Kier molecular flexibility index (Phi) is 4.20. The minimum Gasteiger partial charge on any atom is -0.508 e. The Bertz CT molecular complexity index is 900. The predicted octanol–water partition coefficient (Wildman–Crippen LogP) is 2.82. The van der Waals surface area contributed by atoms with E-state index in [1.165, 1.54) is 23.0 Å². The van der Waals surface area contributed by atoms with Crippen molar-refractivity contribution in [2.24, 2.45) is 5.10 Å². The number of rotatable bonds is 4. The predicted molar refractivity (Wildman–Crippen MR) is 89.4 cm³/mol. The molecular weight excluding hydrogens is 312 g/mol. The molecule has 0 spiro atoms. The van der Waals surface area contributed by atoms with Gasteiger partial charge in [0.25, 0.3) is 0 Å². The van der Waals surface area contributed by atoms with Crippen molar-refractivity contribution >= 4 is 18.4 Å². The van der Waals surface area contributed by atoms with E-state index in [0.29, 0.717) is 22.6 Å². The first-order valence-corrected chi connectivity index (χ1v) is 7.31. The van der Waals surface area contributed by atoms with Crippen molar-refractivity contribution in [2.75, 3.05) is 0 Å². The molecule has 7 heteroatoms. The summed E-state index contributed by atoms with van der Waals surface area (Å²) in [6.45, 7) is 0. The van der Waals surface area contributed by atoms with Crippen molar-refractivity contribution in [1.82, 2.24) is 14.9 Å². The molecule has 1 aromatic heterocycles. The highest BCUT2D eigenvalue weighted by Gasteiger charge is 2.06. The molecule has 0 bridgehead atoms. The average Bonchev–Trinajstić information content (AvgIpc) is 2.88. The molecule has 3 aromatic rings. The normalized spacial score (nSPS) is 11.1. The molecule has 2 aromatic carbocycles. The van der Waals surface area contributed by atoms with E-state index in [1.807, 2.05) is 30.3 Å². The number of benzene rings is 2. The summed E-state index contributed by atoms with van der Waals surface area (Å²) in [7, 11) is 0. The number of aromatic hydroxyl groups is 2. The molecule has 0 saturated carbocycles. The van der Waals surface area contributed by atoms with Gasteiger partial charge in [0.2, 0.25) is 4.77 Å². The topological polar surface area (TPSA) is 86.4 Å². The Balaban J connectivity index is 1.90. The van der Waals surface area contributed by atoms with Crippen LogP contribution in [0.3, 0.4) is 0 Å². The number of phenolic OH excluding ortho intramolecular Hbond substituents is 2. The van der Waals surface area contributed by atoms with Crippen molar-refractivity contribution in [3.05, 3.63) is 70.3 Å². The molecule has 23 heavy (non-hydrogen) atoms. The fraction of sp³-hybridized carbons (Fsp3) is 0.0625. The van der Waals surface area contributed by atoms with Gasteiger partial charge >= 0.3 is 0 Å². The Morgan fingerprint density at radius 3 is 2.70 bits per heavy atom. The van der Waals surface area contributed by atoms with Gasteiger partial charge in [-0.25, -0.2) is 0 Å². The fourth-order valence-electron chi connectivity index (χ4n) is 2.10. The third kappa shape index (κ3) is 3.46. The van der Waals surface area contributed by atoms with Gasteiger partial charge in [-0.2, -0.15) is 14.9 Å². The second-order valence-corrected chi connectivity index (χ2v) is 5.29. The highest BCUT2D eigenvalue weighted by Crippen LogP contribution is 2.21. The van der Waals surface area contributed by atoms with Crippen molar-refractivity contribution in [1.29, 1.82) is 0 Å². The Morgan fingerprint density at radius 1 is 1.17 bits per heavy atom. The molecule has 0 aliphatic rings. The first kappa shape index (κ1) is 15.0. The number of aromatic nitrogens is 3. The van der Waals surface area contributed by atoms with Crippen LogP contribution in [0.5, 0.6) is 11.5 Å². The second kappa shape index (κ2) is 6.45. The smallest absolute Gasteiger partial charge is 0.216 e. The largest absolute Gasteiger partial charge is 0.508 e. The van der Waals surface area contributed by atoms with Gasteiger partial charge < -0.3 is 10.2 Å². The molecule has 3 N–H and O–H groups in total. The van der Waals surface area contributed by atoms with Gasteiger partial charge in [0.05, 0.1) is 6.21 Å². The molecule has 0 radical (unpaired) electrons. The van der Waals surface area contributed by atoms with E-state index in [0.717, 1.165) is 5.56 Å². The second-order valence-electron chi connectivity index (χ2n) is 4.91. The molecule has 0 fully saturated rings. The summed E-state index contributed by atoms with van der Waals surface area (Å²) in [4.78, 5) is 0. The zero-order valence-electron chi connectivity index (χ0n) is 12.0. The first-order chi connectivity index (χ1) is 11.1. The molecular formula is C16H14N4O2S. The van der Waals surface area contributed by atoms with E-state index in [1.54, 1.807) is 6.07 Å². The minimum atomic E-state index is -0.0617. The highest BCUT2D eigenvalue weighted by atomic mass is 32.1. The maximum Gasteiger partial charge on any atom is 0.216 e. The van der Waals surface area contributed by atoms with Crippen molar-refractivity contribution < 1.29 is 10.2 Å². The molecule has 0 aliphatic carbocycles. The summed E-state index contributed by atoms with van der Waals surface area (Å²) in [6, 6.07) is 14.1. The third-order valence-electron chi connectivity index (χ3n) is 3.25. The molecule has 1 heterocycles. The summed E-state index contributed by atoms with van der Waals surface area (Å²) in [5.74, 6) is 0.591. The van der Waals surface area contributed by atoms with Crippen LogP contribution in [-0.2, 0) is 6.42 Å². The summed E-state index contributed by atoms with van der Waals surface area (Å²) in [5, 5.41) is 30.3. The van der Waals surface area contributed by atoms with E-state index < -0.39 is 0 Å². The first-order valence-electron chi connectivity index (χ1n) is 6.90. The van der Waals surface area contributed by atoms with E-state index >= 15 is 0 Å². The molecule has 0 saturated heterocycles. The van der Waals surface area contributed by atoms with Gasteiger partial charge in [-0.3, -0.25) is 5.10 Å². The van der Waals surface area contributed by atoms with Gasteiger partial charge in [-0.1, -0.05) is 30.3 Å². The lowest BCUT2D eigenvalue weighted by molar-refractivity contribution is 0.450. The molecule has 0 unspecified atom stereocenters. The maximum absolute atomic E-state index is 9.78. The number of hydrogen-bond acceptors (Lipinski definition) is 5. The van der Waals surface area contributed by atoms with Crippen LogP contribution in [0.1, 0.15) is 17.0 Å². The average molecular weight is 326 g/mol. The quantitative estimate of drug-likeness (QED) is 0.508. The summed E-state index contributed by atoms with van der Waals surface area (Å²) in [6.07, 6.45) is 2.04. The molecule has 116 valence electrons. The van der Waals surface area contributed by atoms with Crippen LogP contribution in [0.15, 0.2) is 53.6 Å². The van der Waals surface area contributed by atoms with Gasteiger partial charge in [0.1, 0.15) is 11.5 Å². The molecule has 0 amide bonds. The Labute approximate surface area is 137 Å². The van der Waals surface area contributed by atoms with E-state index in [2.05, 4.69) is 15.3 Å². The van der Waals surface area contributed by atoms with Gasteiger partial charge in [0.15, 0.2) is 5.82 Å². The van der Waals surface area contributed by atoms with Crippen molar-refractivity contribution in [2.45, 2.75) is 6.42 Å². The van der Waals surface area contributed by atoms with Crippen LogP contribution in [-0.4, -0.2) is 31.3 Å². The SMILES string of the molecule is Oc1ccc(/C=N/n2c(Cc3ccccc3)n[nH]c2=S)c(O)c1. The Morgan fingerprint density at radius 2 is 1.96 bits per heavy atom. The molecule has 0 atom stereocenters. The standard InChI is InChI=1S/C16H14N4O2S/c21-13-7-6-12(14(22)9-13)10-17-20-15(18-19-16(20)23)8-11-4-2-1-3-5-11/h1-7,9-10,21-22H,8H2,(H,19,23)/b17-10+. The Hall–Kier alpha value is -2.93. The lowest BCUT2D eigenvalue weighted by atomic mass is 10.1. The lowest BCUT2D eigenvalue weighted by Gasteiger charge is -2.02. The summed E-state index contributed by atoms with van der Waals surface area (Å²) in [5.41, 5.74) is 1.56. The number of aromatic amines is 1. The van der Waals surface area contributed by atoms with Crippen molar-refractivity contribution in [3.8, 4) is 11.5 Å². The number of nitrogens with zero attached hydrogens (tertiary/aromatic N) is 3. The van der Waals surface area contributed by atoms with Crippen LogP contribution in [0.4, 0.5) is 0 Å². The maximum atomic E-state index is 9.78. The van der Waals surface area contributed by atoms with Crippen LogP contribution in [0, 0.1) is 4.77 Å². The van der Waals surface area contributed by atoms with Gasteiger partial charge in [0, 0.05) is 18.1 Å². The fourth-order valence-corrected chi connectivity index (χ4v) is 2.30. The molecule has 6 nitrogen and oxygen atoms in total. The minimum absolute atomic E-state index is 0.00987.